The van der Waals surface area contributed by atoms with Gasteiger partial charge >= 0.3 is 0 Å². The molecule has 160 valence electrons. The van der Waals surface area contributed by atoms with E-state index in [9.17, 15) is 9.90 Å². The minimum Gasteiger partial charge on any atom is -0.390 e. The minimum absolute atomic E-state index is 0.157. The summed E-state index contributed by atoms with van der Waals surface area (Å²) in [5.41, 5.74) is -0.327. The van der Waals surface area contributed by atoms with Gasteiger partial charge in [0.2, 0.25) is 0 Å². The molecule has 4 fully saturated rings. The highest BCUT2D eigenvalue weighted by Crippen LogP contribution is 2.65. The number of hydrogen-bond donors (Lipinski definition) is 1. The van der Waals surface area contributed by atoms with Crippen LogP contribution in [0.25, 0.3) is 0 Å². The molecular formula is C24H37N3O2. The average Bonchev–Trinajstić information content (AvgIpc) is 3.29. The zero-order valence-electron chi connectivity index (χ0n) is 18.3. The van der Waals surface area contributed by atoms with Crippen molar-refractivity contribution in [2.24, 2.45) is 46.8 Å². The molecule has 4 saturated carbocycles. The first-order chi connectivity index (χ1) is 13.8. The quantitative estimate of drug-likeness (QED) is 0.830. The Kier molecular flexibility index (Phi) is 4.69. The molecule has 9 atom stereocenters. The van der Waals surface area contributed by atoms with Gasteiger partial charge in [-0.3, -0.25) is 4.79 Å². The van der Waals surface area contributed by atoms with Crippen molar-refractivity contribution in [3.63, 3.8) is 0 Å². The third kappa shape index (κ3) is 3.10. The van der Waals surface area contributed by atoms with E-state index < -0.39 is 5.60 Å². The number of aliphatic hydroxyl groups is 1. The van der Waals surface area contributed by atoms with Gasteiger partial charge in [-0.15, -0.1) is 0 Å². The van der Waals surface area contributed by atoms with E-state index in [-0.39, 0.29) is 11.3 Å². The molecule has 4 aliphatic carbocycles. The van der Waals surface area contributed by atoms with Crippen molar-refractivity contribution in [1.29, 1.82) is 0 Å². The number of rotatable bonds is 3. The maximum absolute atomic E-state index is 13.1. The van der Waals surface area contributed by atoms with E-state index in [0.29, 0.717) is 30.1 Å². The van der Waals surface area contributed by atoms with Gasteiger partial charge in [-0.1, -0.05) is 13.8 Å². The fourth-order valence-electron chi connectivity index (χ4n) is 8.35. The molecule has 1 N–H and O–H groups in total. The summed E-state index contributed by atoms with van der Waals surface area (Å²) in [7, 11) is 0. The molecule has 4 aliphatic rings. The van der Waals surface area contributed by atoms with Gasteiger partial charge in [-0.2, -0.15) is 15.0 Å². The van der Waals surface area contributed by atoms with Crippen molar-refractivity contribution < 1.29 is 9.90 Å². The van der Waals surface area contributed by atoms with Crippen molar-refractivity contribution in [2.45, 2.75) is 84.3 Å². The lowest BCUT2D eigenvalue weighted by molar-refractivity contribution is -0.137. The Balaban J connectivity index is 1.33. The third-order valence-corrected chi connectivity index (χ3v) is 10.0. The summed E-state index contributed by atoms with van der Waals surface area (Å²) in [6.07, 6.45) is 12.8. The van der Waals surface area contributed by atoms with Gasteiger partial charge in [-0.05, 0) is 99.2 Å². The van der Waals surface area contributed by atoms with E-state index >= 15 is 0 Å². The Labute approximate surface area is 174 Å². The van der Waals surface area contributed by atoms with Crippen LogP contribution < -0.4 is 0 Å². The Morgan fingerprint density at radius 2 is 1.83 bits per heavy atom. The molecule has 0 unspecified atom stereocenters. The molecule has 0 spiro atoms. The molecule has 0 saturated heterocycles. The maximum atomic E-state index is 13.1. The fraction of sp³-hybridized carbons (Fsp3) is 0.875. The molecular weight excluding hydrogens is 362 g/mol. The van der Waals surface area contributed by atoms with Crippen LogP contribution in [-0.4, -0.2) is 31.5 Å². The number of ketones is 1. The summed E-state index contributed by atoms with van der Waals surface area (Å²) in [5, 5.41) is 19.1. The predicted octanol–water partition coefficient (Wildman–Crippen LogP) is 4.11. The number of Topliss-reactive ketones (excluding diaryl/α,β-unsaturated/α-hetero) is 1. The molecule has 0 aromatic carbocycles. The van der Waals surface area contributed by atoms with E-state index in [1.54, 1.807) is 17.2 Å². The van der Waals surface area contributed by atoms with Crippen LogP contribution in [-0.2, 0) is 11.3 Å². The van der Waals surface area contributed by atoms with Crippen LogP contribution in [0.4, 0.5) is 0 Å². The molecule has 29 heavy (non-hydrogen) atoms. The Hall–Kier alpha value is -1.23. The topological polar surface area (TPSA) is 68.0 Å². The zero-order chi connectivity index (χ0) is 20.4. The first-order valence-corrected chi connectivity index (χ1v) is 11.9. The maximum Gasteiger partial charge on any atom is 0.159 e. The van der Waals surface area contributed by atoms with Gasteiger partial charge in [-0.25, -0.2) is 0 Å². The minimum atomic E-state index is -0.484. The Morgan fingerprint density at radius 1 is 1.07 bits per heavy atom. The van der Waals surface area contributed by atoms with E-state index in [1.165, 1.54) is 38.5 Å². The van der Waals surface area contributed by atoms with Crippen LogP contribution in [0.5, 0.6) is 0 Å². The van der Waals surface area contributed by atoms with Crippen molar-refractivity contribution in [3.05, 3.63) is 12.4 Å². The molecule has 5 rings (SSSR count). The molecule has 1 aromatic heterocycles. The Bertz CT molecular complexity index is 760. The monoisotopic (exact) mass is 399 g/mol. The predicted molar refractivity (Wildman–Crippen MR) is 111 cm³/mol. The molecule has 1 heterocycles. The van der Waals surface area contributed by atoms with Crippen LogP contribution in [0.2, 0.25) is 0 Å². The largest absolute Gasteiger partial charge is 0.390 e. The van der Waals surface area contributed by atoms with Crippen LogP contribution >= 0.6 is 0 Å². The zero-order valence-corrected chi connectivity index (χ0v) is 18.3. The number of hydrogen-bond acceptors (Lipinski definition) is 4. The normalized spacial score (nSPS) is 49.2. The van der Waals surface area contributed by atoms with Crippen LogP contribution in [0.15, 0.2) is 12.4 Å². The number of carbonyl (C=O) groups excluding carboxylic acids is 1. The van der Waals surface area contributed by atoms with Crippen LogP contribution in [0.1, 0.15) is 72.1 Å². The first-order valence-electron chi connectivity index (χ1n) is 11.9. The summed E-state index contributed by atoms with van der Waals surface area (Å²) >= 11 is 0. The van der Waals surface area contributed by atoms with Gasteiger partial charge in [0.25, 0.3) is 0 Å². The fourth-order valence-corrected chi connectivity index (χ4v) is 8.35. The van der Waals surface area contributed by atoms with E-state index in [4.69, 9.17) is 0 Å². The van der Waals surface area contributed by atoms with Gasteiger partial charge in [0.05, 0.1) is 18.0 Å². The van der Waals surface area contributed by atoms with Gasteiger partial charge in [0.1, 0.15) is 6.54 Å². The van der Waals surface area contributed by atoms with Crippen molar-refractivity contribution in [2.75, 3.05) is 0 Å². The smallest absolute Gasteiger partial charge is 0.159 e. The summed E-state index contributed by atoms with van der Waals surface area (Å²) in [6.45, 7) is 7.05. The van der Waals surface area contributed by atoms with Crippen LogP contribution in [0, 0.1) is 46.8 Å². The molecule has 5 nitrogen and oxygen atoms in total. The lowest BCUT2D eigenvalue weighted by atomic mass is 9.48. The molecule has 0 bridgehead atoms. The lowest BCUT2D eigenvalue weighted by Crippen LogP contribution is -2.53. The molecule has 0 aliphatic heterocycles. The van der Waals surface area contributed by atoms with Crippen molar-refractivity contribution in [3.8, 4) is 0 Å². The molecule has 0 radical (unpaired) electrons. The van der Waals surface area contributed by atoms with Crippen molar-refractivity contribution in [1.82, 2.24) is 15.0 Å². The highest BCUT2D eigenvalue weighted by atomic mass is 16.3. The highest BCUT2D eigenvalue weighted by Gasteiger charge is 2.59. The van der Waals surface area contributed by atoms with E-state index in [1.807, 2.05) is 0 Å². The summed E-state index contributed by atoms with van der Waals surface area (Å²) in [6, 6.07) is 0. The SMILES string of the molecule is C[C@@H]1C[C@H]2[C@@H](CC[C@@H]3[C@@H]2CC[C@]2(C)[C@@H](C(=O)Cn4nccn4)CC[C@@H]32)C[C@]1(C)O. The molecule has 0 amide bonds. The second-order valence-electron chi connectivity index (χ2n) is 11.3. The standard InChI is InChI=1S/C24H37N3O2/c1-15-12-19-16(13-24(15,3)29)4-5-18-17(19)8-9-23(2)20(18)6-7-21(23)22(28)14-27-25-10-11-26-27/h10-11,15-21,29H,4-9,12-14H2,1-3H3/t15-,16+,17+,18-,19+,20+,21-,23+,24+/m1/s1. The lowest BCUT2D eigenvalue weighted by Gasteiger charge is -2.58. The average molecular weight is 400 g/mol. The summed E-state index contributed by atoms with van der Waals surface area (Å²) < 4.78 is 0. The second-order valence-corrected chi connectivity index (χ2v) is 11.3. The third-order valence-electron chi connectivity index (χ3n) is 10.0. The highest BCUT2D eigenvalue weighted by molar-refractivity contribution is 5.81. The van der Waals surface area contributed by atoms with E-state index in [2.05, 4.69) is 31.0 Å². The van der Waals surface area contributed by atoms with Gasteiger partial charge < -0.3 is 5.11 Å². The molecule has 1 aromatic rings. The van der Waals surface area contributed by atoms with Gasteiger partial charge in [0.15, 0.2) is 5.78 Å². The summed E-state index contributed by atoms with van der Waals surface area (Å²) in [5.74, 6) is 4.68. The number of fused-ring (bicyclic) bond motifs is 5. The number of carbonyl (C=O) groups is 1. The second kappa shape index (κ2) is 6.90. The van der Waals surface area contributed by atoms with Crippen LogP contribution in [0.3, 0.4) is 0 Å². The van der Waals surface area contributed by atoms with Gasteiger partial charge in [0, 0.05) is 5.92 Å². The number of nitrogens with zero attached hydrogens (tertiary/aromatic N) is 3. The van der Waals surface area contributed by atoms with Crippen molar-refractivity contribution >= 4 is 5.78 Å². The Morgan fingerprint density at radius 3 is 2.59 bits per heavy atom. The first kappa shape index (κ1) is 19.7. The number of aromatic nitrogens is 3. The summed E-state index contributed by atoms with van der Waals surface area (Å²) in [4.78, 5) is 14.7. The molecule has 5 heteroatoms. The van der Waals surface area contributed by atoms with E-state index in [0.717, 1.165) is 30.6 Å².